The number of rotatable bonds is 5. The fourth-order valence-electron chi connectivity index (χ4n) is 1.60. The number of aromatic nitrogens is 1. The molecular weight excluding hydrogens is 248 g/mol. The van der Waals surface area contributed by atoms with Gasteiger partial charge in [0.25, 0.3) is 5.91 Å². The molecule has 0 spiro atoms. The molecule has 1 rings (SSSR count). The lowest BCUT2D eigenvalue weighted by molar-refractivity contribution is 0.0784. The molecular formula is C12H22N4OS. The molecule has 0 saturated carbocycles. The van der Waals surface area contributed by atoms with Gasteiger partial charge >= 0.3 is 0 Å². The molecule has 0 aliphatic heterocycles. The highest BCUT2D eigenvalue weighted by molar-refractivity contribution is 7.18. The summed E-state index contributed by atoms with van der Waals surface area (Å²) in [6.45, 7) is 8.90. The Morgan fingerprint density at radius 2 is 2.06 bits per heavy atom. The minimum Gasteiger partial charge on any atom is -0.382 e. The molecule has 0 aliphatic rings. The number of hydrogen-bond acceptors (Lipinski definition) is 5. The molecule has 0 fully saturated rings. The van der Waals surface area contributed by atoms with Crippen LogP contribution in [0.1, 0.15) is 37.4 Å². The summed E-state index contributed by atoms with van der Waals surface area (Å²) in [6, 6.07) is 0.270. The molecule has 102 valence electrons. The number of nitrogens with one attached hydrogen (secondary N) is 1. The first-order chi connectivity index (χ1) is 8.31. The molecule has 3 N–H and O–H groups in total. The Morgan fingerprint density at radius 3 is 2.56 bits per heavy atom. The fraction of sp³-hybridized carbons (Fsp3) is 0.667. The SMILES string of the molecule is CC(C)CN(C)C(=O)c1sc(NC(C)C)nc1N. The first-order valence-corrected chi connectivity index (χ1v) is 6.91. The van der Waals surface area contributed by atoms with E-state index in [1.165, 1.54) is 11.3 Å². The highest BCUT2D eigenvalue weighted by Gasteiger charge is 2.20. The minimum absolute atomic E-state index is 0.0597. The van der Waals surface area contributed by atoms with Gasteiger partial charge in [-0.2, -0.15) is 0 Å². The third kappa shape index (κ3) is 3.87. The van der Waals surface area contributed by atoms with Crippen molar-refractivity contribution in [1.82, 2.24) is 9.88 Å². The second-order valence-electron chi connectivity index (χ2n) is 5.11. The maximum absolute atomic E-state index is 12.2. The summed E-state index contributed by atoms with van der Waals surface area (Å²) in [5.74, 6) is 0.681. The molecule has 0 aliphatic carbocycles. The van der Waals surface area contributed by atoms with Crippen LogP contribution in [0.4, 0.5) is 10.9 Å². The second kappa shape index (κ2) is 6.04. The van der Waals surface area contributed by atoms with Gasteiger partial charge in [-0.05, 0) is 19.8 Å². The van der Waals surface area contributed by atoms with Crippen molar-refractivity contribution >= 4 is 28.2 Å². The van der Waals surface area contributed by atoms with Crippen LogP contribution in [0.15, 0.2) is 0 Å². The van der Waals surface area contributed by atoms with E-state index in [9.17, 15) is 4.79 Å². The van der Waals surface area contributed by atoms with Crippen molar-refractivity contribution in [2.75, 3.05) is 24.6 Å². The van der Waals surface area contributed by atoms with Gasteiger partial charge in [0, 0.05) is 19.6 Å². The summed E-state index contributed by atoms with van der Waals surface area (Å²) in [5, 5.41) is 3.86. The molecule has 1 amide bonds. The molecule has 6 heteroatoms. The van der Waals surface area contributed by atoms with E-state index in [0.29, 0.717) is 28.3 Å². The van der Waals surface area contributed by atoms with Gasteiger partial charge in [-0.15, -0.1) is 0 Å². The second-order valence-corrected chi connectivity index (χ2v) is 6.11. The Balaban J connectivity index is 2.82. The van der Waals surface area contributed by atoms with E-state index in [0.717, 1.165) is 0 Å². The maximum Gasteiger partial charge on any atom is 0.267 e. The zero-order chi connectivity index (χ0) is 13.9. The molecule has 0 radical (unpaired) electrons. The first kappa shape index (κ1) is 14.8. The highest BCUT2D eigenvalue weighted by atomic mass is 32.1. The lowest BCUT2D eigenvalue weighted by Crippen LogP contribution is -2.30. The van der Waals surface area contributed by atoms with Crippen LogP contribution >= 0.6 is 11.3 Å². The lowest BCUT2D eigenvalue weighted by atomic mass is 10.2. The summed E-state index contributed by atoms with van der Waals surface area (Å²) >= 11 is 1.31. The van der Waals surface area contributed by atoms with Crippen LogP contribution < -0.4 is 11.1 Å². The normalized spacial score (nSPS) is 11.1. The predicted octanol–water partition coefficient (Wildman–Crippen LogP) is 2.27. The molecule has 0 aromatic carbocycles. The fourth-order valence-corrected chi connectivity index (χ4v) is 2.62. The summed E-state index contributed by atoms with van der Waals surface area (Å²) < 4.78 is 0. The Kier molecular flexibility index (Phi) is 4.95. The van der Waals surface area contributed by atoms with E-state index in [4.69, 9.17) is 5.73 Å². The van der Waals surface area contributed by atoms with Crippen LogP contribution in [0, 0.1) is 5.92 Å². The molecule has 18 heavy (non-hydrogen) atoms. The number of nitrogens with two attached hydrogens (primary N) is 1. The number of carbonyl (C=O) groups excluding carboxylic acids is 1. The van der Waals surface area contributed by atoms with Crippen molar-refractivity contribution in [3.63, 3.8) is 0 Å². The summed E-state index contributed by atoms with van der Waals surface area (Å²) in [6.07, 6.45) is 0. The van der Waals surface area contributed by atoms with Crippen LogP contribution in [0.25, 0.3) is 0 Å². The van der Waals surface area contributed by atoms with Gasteiger partial charge in [-0.25, -0.2) is 4.98 Å². The standard InChI is InChI=1S/C12H22N4OS/c1-7(2)6-16(5)11(17)9-10(13)15-12(18-9)14-8(3)4/h7-8H,6,13H2,1-5H3,(H,14,15). The van der Waals surface area contributed by atoms with Crippen LogP contribution in [0.5, 0.6) is 0 Å². The zero-order valence-electron chi connectivity index (χ0n) is 11.7. The molecule has 1 aromatic heterocycles. The van der Waals surface area contributed by atoms with Crippen LogP contribution in [0.3, 0.4) is 0 Å². The van der Waals surface area contributed by atoms with E-state index < -0.39 is 0 Å². The average molecular weight is 270 g/mol. The monoisotopic (exact) mass is 270 g/mol. The van der Waals surface area contributed by atoms with Crippen molar-refractivity contribution in [2.24, 2.45) is 5.92 Å². The largest absolute Gasteiger partial charge is 0.382 e. The van der Waals surface area contributed by atoms with Crippen LogP contribution in [0.2, 0.25) is 0 Å². The van der Waals surface area contributed by atoms with Gasteiger partial charge in [-0.1, -0.05) is 25.2 Å². The lowest BCUT2D eigenvalue weighted by Gasteiger charge is -2.18. The summed E-state index contributed by atoms with van der Waals surface area (Å²) in [5.41, 5.74) is 5.80. The van der Waals surface area contributed by atoms with E-state index >= 15 is 0 Å². The Bertz CT molecular complexity index is 414. The van der Waals surface area contributed by atoms with Crippen molar-refractivity contribution in [3.8, 4) is 0 Å². The number of amides is 1. The van der Waals surface area contributed by atoms with Crippen molar-refractivity contribution in [3.05, 3.63) is 4.88 Å². The number of nitrogen functional groups attached to an aromatic ring is 1. The Labute approximate surface area is 112 Å². The van der Waals surface area contributed by atoms with Crippen LogP contribution in [-0.2, 0) is 0 Å². The van der Waals surface area contributed by atoms with Gasteiger partial charge in [0.1, 0.15) is 10.7 Å². The third-order valence-electron chi connectivity index (χ3n) is 2.25. The topological polar surface area (TPSA) is 71.2 Å². The first-order valence-electron chi connectivity index (χ1n) is 6.09. The van der Waals surface area contributed by atoms with Crippen LogP contribution in [-0.4, -0.2) is 35.4 Å². The number of carbonyl (C=O) groups is 1. The van der Waals surface area contributed by atoms with Gasteiger partial charge in [0.15, 0.2) is 5.13 Å². The summed E-state index contributed by atoms with van der Waals surface area (Å²) in [4.78, 5) is 18.6. The van der Waals surface area contributed by atoms with Gasteiger partial charge in [0.05, 0.1) is 0 Å². The predicted molar refractivity (Wildman–Crippen MR) is 77.1 cm³/mol. The van der Waals surface area contributed by atoms with E-state index in [1.54, 1.807) is 11.9 Å². The number of thiazole rings is 1. The zero-order valence-corrected chi connectivity index (χ0v) is 12.5. The van der Waals surface area contributed by atoms with E-state index in [2.05, 4.69) is 24.1 Å². The van der Waals surface area contributed by atoms with Crippen molar-refractivity contribution < 1.29 is 4.79 Å². The quantitative estimate of drug-likeness (QED) is 0.861. The van der Waals surface area contributed by atoms with E-state index in [-0.39, 0.29) is 11.9 Å². The molecule has 0 atom stereocenters. The molecule has 1 aromatic rings. The molecule has 5 nitrogen and oxygen atoms in total. The van der Waals surface area contributed by atoms with E-state index in [1.807, 2.05) is 13.8 Å². The third-order valence-corrected chi connectivity index (χ3v) is 3.24. The summed E-state index contributed by atoms with van der Waals surface area (Å²) in [7, 11) is 1.79. The smallest absolute Gasteiger partial charge is 0.267 e. The Hall–Kier alpha value is -1.30. The molecule has 0 unspecified atom stereocenters. The average Bonchev–Trinajstić information content (AvgIpc) is 2.56. The number of hydrogen-bond donors (Lipinski definition) is 2. The Morgan fingerprint density at radius 1 is 1.44 bits per heavy atom. The van der Waals surface area contributed by atoms with Gasteiger partial charge in [0.2, 0.25) is 0 Å². The molecule has 0 saturated heterocycles. The highest BCUT2D eigenvalue weighted by Crippen LogP contribution is 2.26. The van der Waals surface area contributed by atoms with Gasteiger partial charge < -0.3 is 16.0 Å². The maximum atomic E-state index is 12.2. The van der Waals surface area contributed by atoms with Gasteiger partial charge in [-0.3, -0.25) is 4.79 Å². The number of nitrogens with zero attached hydrogens (tertiary/aromatic N) is 2. The minimum atomic E-state index is -0.0597. The van der Waals surface area contributed by atoms with Crippen molar-refractivity contribution in [1.29, 1.82) is 0 Å². The molecule has 0 bridgehead atoms. The number of anilines is 2. The van der Waals surface area contributed by atoms with Crippen molar-refractivity contribution in [2.45, 2.75) is 33.7 Å². The molecule has 1 heterocycles.